The van der Waals surface area contributed by atoms with Gasteiger partial charge in [0, 0.05) is 18.6 Å². The lowest BCUT2D eigenvalue weighted by Gasteiger charge is -2.38. The van der Waals surface area contributed by atoms with Gasteiger partial charge in [-0.1, -0.05) is 19.3 Å². The average molecular weight is 251 g/mol. The van der Waals surface area contributed by atoms with Crippen LogP contribution in [0.3, 0.4) is 0 Å². The third-order valence-corrected chi connectivity index (χ3v) is 4.08. The molecule has 0 amide bonds. The molecule has 18 heavy (non-hydrogen) atoms. The fraction of sp³-hybridized carbons (Fsp3) is 0.733. The average Bonchev–Trinajstić information content (AvgIpc) is 2.75. The molecule has 0 atom stereocenters. The molecule has 0 aromatic carbocycles. The Kier molecular flexibility index (Phi) is 4.46. The van der Waals surface area contributed by atoms with Gasteiger partial charge in [0.05, 0.1) is 6.54 Å². The molecule has 0 saturated heterocycles. The predicted molar refractivity (Wildman–Crippen MR) is 72.4 cm³/mol. The molecule has 1 aliphatic rings. The summed E-state index contributed by atoms with van der Waals surface area (Å²) in [7, 11) is 2.11. The lowest BCUT2D eigenvalue weighted by atomic mass is 9.74. The number of rotatable bonds is 5. The molecule has 3 heteroatoms. The number of hydrogen-bond donors (Lipinski definition) is 1. The zero-order valence-electron chi connectivity index (χ0n) is 11.6. The molecule has 0 radical (unpaired) electrons. The largest absolute Gasteiger partial charge is 0.465 e. The number of aliphatic hydroxyl groups is 1. The van der Waals surface area contributed by atoms with E-state index in [-0.39, 0.29) is 5.41 Å². The summed E-state index contributed by atoms with van der Waals surface area (Å²) in [6.07, 6.45) is 6.15. The molecule has 1 aromatic heterocycles. The Labute approximate surface area is 110 Å². The summed E-state index contributed by atoms with van der Waals surface area (Å²) < 4.78 is 5.61. The maximum atomic E-state index is 9.71. The van der Waals surface area contributed by atoms with Crippen LogP contribution in [0.15, 0.2) is 16.5 Å². The van der Waals surface area contributed by atoms with E-state index in [1.165, 1.54) is 19.3 Å². The van der Waals surface area contributed by atoms with Crippen LogP contribution in [0.1, 0.15) is 43.6 Å². The summed E-state index contributed by atoms with van der Waals surface area (Å²) in [5.41, 5.74) is 0.120. The van der Waals surface area contributed by atoms with Crippen LogP contribution in [0.2, 0.25) is 0 Å². The van der Waals surface area contributed by atoms with Gasteiger partial charge >= 0.3 is 0 Å². The van der Waals surface area contributed by atoms with Gasteiger partial charge in [-0.15, -0.1) is 0 Å². The Bertz CT molecular complexity index is 366. The summed E-state index contributed by atoms with van der Waals surface area (Å²) in [5.74, 6) is 1.98. The number of aliphatic hydroxyl groups excluding tert-OH is 1. The normalized spacial score (nSPS) is 19.3. The van der Waals surface area contributed by atoms with Crippen molar-refractivity contribution in [3.8, 4) is 0 Å². The minimum Gasteiger partial charge on any atom is -0.465 e. The van der Waals surface area contributed by atoms with Crippen molar-refractivity contribution in [3.05, 3.63) is 23.7 Å². The minimum absolute atomic E-state index is 0.120. The van der Waals surface area contributed by atoms with Crippen LogP contribution < -0.4 is 0 Å². The number of furan rings is 1. The number of aryl methyl sites for hydroxylation is 1. The van der Waals surface area contributed by atoms with Crippen molar-refractivity contribution in [3.63, 3.8) is 0 Å². The molecule has 0 bridgehead atoms. The molecule has 1 fully saturated rings. The summed E-state index contributed by atoms with van der Waals surface area (Å²) in [5, 5.41) is 9.71. The monoisotopic (exact) mass is 251 g/mol. The molecule has 1 aromatic rings. The van der Waals surface area contributed by atoms with Crippen LogP contribution >= 0.6 is 0 Å². The smallest absolute Gasteiger partial charge is 0.118 e. The Morgan fingerprint density at radius 2 is 2.00 bits per heavy atom. The molecule has 0 unspecified atom stereocenters. The van der Waals surface area contributed by atoms with Crippen molar-refractivity contribution < 1.29 is 9.52 Å². The maximum absolute atomic E-state index is 9.71. The van der Waals surface area contributed by atoms with Crippen molar-refractivity contribution in [2.75, 3.05) is 20.2 Å². The highest BCUT2D eigenvalue weighted by molar-refractivity contribution is 5.05. The summed E-state index contributed by atoms with van der Waals surface area (Å²) in [6.45, 7) is 4.08. The van der Waals surface area contributed by atoms with Gasteiger partial charge in [0.1, 0.15) is 11.5 Å². The van der Waals surface area contributed by atoms with Gasteiger partial charge in [0.25, 0.3) is 0 Å². The second-order valence-corrected chi connectivity index (χ2v) is 5.90. The van der Waals surface area contributed by atoms with E-state index in [4.69, 9.17) is 4.42 Å². The highest BCUT2D eigenvalue weighted by Gasteiger charge is 2.32. The second-order valence-electron chi connectivity index (χ2n) is 5.90. The van der Waals surface area contributed by atoms with Gasteiger partial charge in [-0.25, -0.2) is 0 Å². The maximum Gasteiger partial charge on any atom is 0.118 e. The van der Waals surface area contributed by atoms with Crippen molar-refractivity contribution in [1.29, 1.82) is 0 Å². The van der Waals surface area contributed by atoms with Crippen LogP contribution in [0.25, 0.3) is 0 Å². The van der Waals surface area contributed by atoms with E-state index >= 15 is 0 Å². The Balaban J connectivity index is 1.90. The molecular weight excluding hydrogens is 226 g/mol. The molecule has 0 spiro atoms. The van der Waals surface area contributed by atoms with Crippen LogP contribution in [0.5, 0.6) is 0 Å². The molecular formula is C15H25NO2. The molecule has 1 aliphatic carbocycles. The zero-order valence-corrected chi connectivity index (χ0v) is 11.6. The molecule has 1 saturated carbocycles. The van der Waals surface area contributed by atoms with Gasteiger partial charge in [0.15, 0.2) is 0 Å². The van der Waals surface area contributed by atoms with E-state index in [1.807, 2.05) is 19.1 Å². The molecule has 3 nitrogen and oxygen atoms in total. The second kappa shape index (κ2) is 5.89. The third-order valence-electron chi connectivity index (χ3n) is 4.08. The van der Waals surface area contributed by atoms with Crippen molar-refractivity contribution in [2.24, 2.45) is 5.41 Å². The Hall–Kier alpha value is -0.800. The van der Waals surface area contributed by atoms with Crippen LogP contribution in [0.4, 0.5) is 0 Å². The molecule has 102 valence electrons. The van der Waals surface area contributed by atoms with Gasteiger partial charge in [0.2, 0.25) is 0 Å². The first-order valence-corrected chi connectivity index (χ1v) is 6.98. The summed E-state index contributed by atoms with van der Waals surface area (Å²) >= 11 is 0. The molecule has 1 heterocycles. The van der Waals surface area contributed by atoms with E-state index in [9.17, 15) is 5.11 Å². The first kappa shape index (κ1) is 13.6. The van der Waals surface area contributed by atoms with Crippen molar-refractivity contribution in [1.82, 2.24) is 4.90 Å². The Morgan fingerprint density at radius 3 is 2.56 bits per heavy atom. The molecule has 1 N–H and O–H groups in total. The van der Waals surface area contributed by atoms with Crippen molar-refractivity contribution in [2.45, 2.75) is 45.6 Å². The van der Waals surface area contributed by atoms with Crippen molar-refractivity contribution >= 4 is 0 Å². The fourth-order valence-corrected chi connectivity index (χ4v) is 3.13. The van der Waals surface area contributed by atoms with Gasteiger partial charge < -0.3 is 9.52 Å². The third kappa shape index (κ3) is 3.36. The van der Waals surface area contributed by atoms with E-state index in [2.05, 4.69) is 11.9 Å². The fourth-order valence-electron chi connectivity index (χ4n) is 3.13. The minimum atomic E-state index is 0.120. The van der Waals surface area contributed by atoms with Gasteiger partial charge in [-0.3, -0.25) is 4.90 Å². The highest BCUT2D eigenvalue weighted by atomic mass is 16.3. The van der Waals surface area contributed by atoms with E-state index in [0.717, 1.165) is 37.5 Å². The van der Waals surface area contributed by atoms with E-state index < -0.39 is 0 Å². The van der Waals surface area contributed by atoms with E-state index in [1.54, 1.807) is 0 Å². The lowest BCUT2D eigenvalue weighted by molar-refractivity contribution is 0.0445. The molecule has 2 rings (SSSR count). The molecule has 0 aliphatic heterocycles. The van der Waals surface area contributed by atoms with Crippen LogP contribution in [-0.2, 0) is 6.54 Å². The standard InChI is InChI=1S/C15H25NO2/c1-13-6-7-14(18-13)10-16(2)11-15(12-17)8-4-3-5-9-15/h6-7,17H,3-5,8-12H2,1-2H3. The van der Waals surface area contributed by atoms with Crippen LogP contribution in [-0.4, -0.2) is 30.2 Å². The summed E-state index contributed by atoms with van der Waals surface area (Å²) in [6, 6.07) is 4.05. The SMILES string of the molecule is Cc1ccc(CN(C)CC2(CO)CCCCC2)o1. The quantitative estimate of drug-likeness (QED) is 0.874. The van der Waals surface area contributed by atoms with Crippen LogP contribution in [0, 0.1) is 12.3 Å². The first-order valence-electron chi connectivity index (χ1n) is 6.98. The Morgan fingerprint density at radius 1 is 1.28 bits per heavy atom. The predicted octanol–water partition coefficient (Wildman–Crippen LogP) is 2.96. The highest BCUT2D eigenvalue weighted by Crippen LogP contribution is 2.36. The number of hydrogen-bond acceptors (Lipinski definition) is 3. The number of nitrogens with zero attached hydrogens (tertiary/aromatic N) is 1. The van der Waals surface area contributed by atoms with Gasteiger partial charge in [-0.05, 0) is 38.9 Å². The van der Waals surface area contributed by atoms with E-state index in [0.29, 0.717) is 6.61 Å². The lowest BCUT2D eigenvalue weighted by Crippen LogP contribution is -2.39. The first-order chi connectivity index (χ1) is 8.63. The summed E-state index contributed by atoms with van der Waals surface area (Å²) in [4.78, 5) is 2.28. The topological polar surface area (TPSA) is 36.6 Å². The van der Waals surface area contributed by atoms with Gasteiger partial charge in [-0.2, -0.15) is 0 Å². The zero-order chi connectivity index (χ0) is 13.0.